The maximum absolute atomic E-state index is 13.3. The van der Waals surface area contributed by atoms with Crippen molar-refractivity contribution in [3.63, 3.8) is 0 Å². The zero-order valence-corrected chi connectivity index (χ0v) is 21.5. The lowest BCUT2D eigenvalue weighted by molar-refractivity contribution is -0.131. The van der Waals surface area contributed by atoms with E-state index in [0.29, 0.717) is 16.6 Å². The molecule has 1 aliphatic heterocycles. The van der Waals surface area contributed by atoms with Crippen molar-refractivity contribution in [2.24, 2.45) is 0 Å². The molecule has 8 heteroatoms. The molecule has 2 amide bonds. The van der Waals surface area contributed by atoms with Crippen LogP contribution in [0.4, 0.5) is 5.69 Å². The van der Waals surface area contributed by atoms with Gasteiger partial charge >= 0.3 is 0 Å². The van der Waals surface area contributed by atoms with Crippen LogP contribution in [-0.2, 0) is 26.0 Å². The number of para-hydroxylation sites is 1. The molecule has 0 aliphatic carbocycles. The molecule has 1 aromatic heterocycles. The van der Waals surface area contributed by atoms with Crippen LogP contribution in [0, 0.1) is 20.8 Å². The molecule has 1 aliphatic rings. The summed E-state index contributed by atoms with van der Waals surface area (Å²) < 4.78 is 28.4. The highest BCUT2D eigenvalue weighted by Crippen LogP contribution is 2.27. The van der Waals surface area contributed by atoms with E-state index in [2.05, 4.69) is 5.32 Å². The third-order valence-corrected chi connectivity index (χ3v) is 8.25. The van der Waals surface area contributed by atoms with Gasteiger partial charge in [0.2, 0.25) is 11.8 Å². The zero-order valence-electron chi connectivity index (χ0n) is 20.6. The summed E-state index contributed by atoms with van der Waals surface area (Å²) in [7, 11) is -3.94. The maximum Gasteiger partial charge on any atom is 0.242 e. The number of anilines is 1. The van der Waals surface area contributed by atoms with Gasteiger partial charge in [0.15, 0.2) is 9.84 Å². The van der Waals surface area contributed by atoms with E-state index in [9.17, 15) is 18.0 Å². The van der Waals surface area contributed by atoms with Gasteiger partial charge in [0.25, 0.3) is 0 Å². The van der Waals surface area contributed by atoms with Crippen LogP contribution < -0.4 is 5.32 Å². The van der Waals surface area contributed by atoms with Crippen molar-refractivity contribution in [3.8, 4) is 0 Å². The van der Waals surface area contributed by atoms with E-state index < -0.39 is 21.5 Å². The van der Waals surface area contributed by atoms with Gasteiger partial charge < -0.3 is 14.8 Å². The Morgan fingerprint density at radius 3 is 2.23 bits per heavy atom. The number of fused-ring (bicyclic) bond motifs is 1. The van der Waals surface area contributed by atoms with E-state index in [1.165, 1.54) is 6.20 Å². The molecular weight excluding hydrogens is 462 g/mol. The van der Waals surface area contributed by atoms with Gasteiger partial charge in [-0.05, 0) is 50.8 Å². The maximum atomic E-state index is 13.3. The number of likely N-dealkylation sites (tertiary alicyclic amines) is 1. The monoisotopic (exact) mass is 495 g/mol. The Labute approximate surface area is 207 Å². The second-order valence-electron chi connectivity index (χ2n) is 9.51. The summed E-state index contributed by atoms with van der Waals surface area (Å²) in [5, 5.41) is 3.30. The number of aromatic nitrogens is 1. The van der Waals surface area contributed by atoms with E-state index >= 15 is 0 Å². The van der Waals surface area contributed by atoms with Crippen LogP contribution in [0.15, 0.2) is 47.5 Å². The Bertz CT molecular complexity index is 1340. The number of nitrogens with one attached hydrogen (secondary N) is 1. The molecule has 0 unspecified atom stereocenters. The molecule has 2 aromatic carbocycles. The van der Waals surface area contributed by atoms with Crippen LogP contribution in [0.1, 0.15) is 42.4 Å². The minimum atomic E-state index is -3.94. The smallest absolute Gasteiger partial charge is 0.242 e. The fourth-order valence-electron chi connectivity index (χ4n) is 4.96. The lowest BCUT2D eigenvalue weighted by Crippen LogP contribution is -2.34. The minimum absolute atomic E-state index is 0.0142. The average molecular weight is 496 g/mol. The Morgan fingerprint density at radius 1 is 0.943 bits per heavy atom. The molecule has 1 N–H and O–H groups in total. The highest BCUT2D eigenvalue weighted by Gasteiger charge is 2.26. The van der Waals surface area contributed by atoms with Crippen molar-refractivity contribution in [2.75, 3.05) is 24.2 Å². The van der Waals surface area contributed by atoms with Crippen LogP contribution in [0.3, 0.4) is 0 Å². The number of carbonyl (C=O) groups excluding carboxylic acids is 2. The van der Waals surface area contributed by atoms with Crippen LogP contribution in [-0.4, -0.2) is 48.5 Å². The summed E-state index contributed by atoms with van der Waals surface area (Å²) in [5.74, 6) is -1.27. The molecule has 1 fully saturated rings. The third kappa shape index (κ3) is 5.59. The van der Waals surface area contributed by atoms with Crippen LogP contribution in [0.2, 0.25) is 0 Å². The number of hydrogen-bond donors (Lipinski definition) is 1. The molecule has 0 bridgehead atoms. The van der Waals surface area contributed by atoms with Crippen LogP contribution >= 0.6 is 0 Å². The number of nitrogens with zero attached hydrogens (tertiary/aromatic N) is 2. The highest BCUT2D eigenvalue weighted by molar-refractivity contribution is 7.92. The van der Waals surface area contributed by atoms with Gasteiger partial charge in [0.05, 0.1) is 4.90 Å². The van der Waals surface area contributed by atoms with E-state index in [4.69, 9.17) is 0 Å². The molecule has 0 spiro atoms. The molecular formula is C27H33N3O4S. The lowest BCUT2D eigenvalue weighted by atomic mass is 10.1. The lowest BCUT2D eigenvalue weighted by Gasteiger charge is -2.20. The van der Waals surface area contributed by atoms with Gasteiger partial charge in [0, 0.05) is 35.9 Å². The van der Waals surface area contributed by atoms with Gasteiger partial charge in [-0.2, -0.15) is 0 Å². The van der Waals surface area contributed by atoms with E-state index in [-0.39, 0.29) is 17.3 Å². The molecule has 0 radical (unpaired) electrons. The topological polar surface area (TPSA) is 88.5 Å². The molecule has 0 saturated carbocycles. The molecule has 7 nitrogen and oxygen atoms in total. The first-order chi connectivity index (χ1) is 16.7. The van der Waals surface area contributed by atoms with Gasteiger partial charge in [-0.15, -0.1) is 0 Å². The van der Waals surface area contributed by atoms with Crippen molar-refractivity contribution in [1.82, 2.24) is 9.47 Å². The largest absolute Gasteiger partial charge is 0.341 e. The molecule has 186 valence electrons. The third-order valence-electron chi connectivity index (χ3n) is 6.61. The molecule has 0 atom stereocenters. The summed E-state index contributed by atoms with van der Waals surface area (Å²) in [6.45, 7) is 7.30. The zero-order chi connectivity index (χ0) is 25.2. The van der Waals surface area contributed by atoms with Gasteiger partial charge in [-0.1, -0.05) is 48.7 Å². The number of hydrogen-bond acceptors (Lipinski definition) is 4. The first kappa shape index (κ1) is 25.0. The fraction of sp³-hybridized carbons (Fsp3) is 0.407. The van der Waals surface area contributed by atoms with Crippen molar-refractivity contribution in [3.05, 3.63) is 59.3 Å². The predicted molar refractivity (Wildman–Crippen MR) is 138 cm³/mol. The van der Waals surface area contributed by atoms with Gasteiger partial charge in [-0.25, -0.2) is 8.42 Å². The number of carbonyl (C=O) groups is 2. The summed E-state index contributed by atoms with van der Waals surface area (Å²) in [4.78, 5) is 27.7. The molecule has 1 saturated heterocycles. The fourth-order valence-corrected chi connectivity index (χ4v) is 6.33. The van der Waals surface area contributed by atoms with Crippen LogP contribution in [0.25, 0.3) is 10.9 Å². The normalized spacial score (nSPS) is 14.7. The highest BCUT2D eigenvalue weighted by atomic mass is 32.2. The van der Waals surface area contributed by atoms with Gasteiger partial charge in [-0.3, -0.25) is 9.59 Å². The average Bonchev–Trinajstić information content (AvgIpc) is 2.96. The number of aryl methyl sites for hydroxylation is 3. The molecule has 4 rings (SSSR count). The first-order valence-electron chi connectivity index (χ1n) is 12.1. The number of amides is 2. The molecule has 2 heterocycles. The summed E-state index contributed by atoms with van der Waals surface area (Å²) in [6.07, 6.45) is 5.75. The standard InChI is InChI=1S/C27H33N3O4S/c1-19-14-20(2)27(21(3)15-19)28-25(31)18-35(33,34)24-16-30(23-11-7-6-10-22(23)24)17-26(32)29-12-8-4-5-9-13-29/h6-7,10-11,14-16H,4-5,8-9,12-13,17-18H2,1-3H3,(H,28,31). The number of benzene rings is 2. The SMILES string of the molecule is Cc1cc(C)c(NC(=O)CS(=O)(=O)c2cn(CC(=O)N3CCCCCC3)c3ccccc23)c(C)c1. The Morgan fingerprint density at radius 2 is 1.57 bits per heavy atom. The van der Waals surface area contributed by atoms with E-state index in [1.54, 1.807) is 16.7 Å². The van der Waals surface area contributed by atoms with Crippen molar-refractivity contribution in [1.29, 1.82) is 0 Å². The Balaban J connectivity index is 1.58. The van der Waals surface area contributed by atoms with Gasteiger partial charge in [0.1, 0.15) is 12.3 Å². The second kappa shape index (κ2) is 10.2. The van der Waals surface area contributed by atoms with E-state index in [0.717, 1.165) is 55.5 Å². The Kier molecular flexibility index (Phi) is 7.31. The van der Waals surface area contributed by atoms with Crippen molar-refractivity contribution < 1.29 is 18.0 Å². The Hall–Kier alpha value is -3.13. The second-order valence-corrected chi connectivity index (χ2v) is 11.5. The van der Waals surface area contributed by atoms with E-state index in [1.807, 2.05) is 49.9 Å². The van der Waals surface area contributed by atoms with Crippen molar-refractivity contribution in [2.45, 2.75) is 57.9 Å². The van der Waals surface area contributed by atoms with Crippen LogP contribution in [0.5, 0.6) is 0 Å². The minimum Gasteiger partial charge on any atom is -0.341 e. The van der Waals surface area contributed by atoms with Crippen molar-refractivity contribution >= 4 is 38.2 Å². The predicted octanol–water partition coefficient (Wildman–Crippen LogP) is 4.38. The number of rotatable bonds is 6. The molecule has 3 aromatic rings. The quantitative estimate of drug-likeness (QED) is 0.550. The first-order valence-corrected chi connectivity index (χ1v) is 13.8. The summed E-state index contributed by atoms with van der Waals surface area (Å²) in [5.41, 5.74) is 4.16. The summed E-state index contributed by atoms with van der Waals surface area (Å²) >= 11 is 0. The number of sulfone groups is 1. The summed E-state index contributed by atoms with van der Waals surface area (Å²) in [6, 6.07) is 11.0. The molecule has 35 heavy (non-hydrogen) atoms.